The molecule has 27 heavy (non-hydrogen) atoms. The largest absolute Gasteiger partial charge is 0.484 e. The van der Waals surface area contributed by atoms with Crippen molar-refractivity contribution in [1.82, 2.24) is 10.2 Å². The first-order chi connectivity index (χ1) is 12.8. The molecule has 0 aliphatic rings. The maximum Gasteiger partial charge on any atom is 0.261 e. The monoisotopic (exact) mass is 388 g/mol. The molecule has 0 aromatic heterocycles. The molecule has 0 radical (unpaired) electrons. The van der Waals surface area contributed by atoms with Gasteiger partial charge < -0.3 is 15.0 Å². The Labute approximate surface area is 165 Å². The summed E-state index contributed by atoms with van der Waals surface area (Å²) in [5, 5.41) is 3.24. The molecule has 0 aliphatic carbocycles. The van der Waals surface area contributed by atoms with Crippen LogP contribution in [0.3, 0.4) is 0 Å². The van der Waals surface area contributed by atoms with Gasteiger partial charge in [0.1, 0.15) is 11.8 Å². The summed E-state index contributed by atoms with van der Waals surface area (Å²) in [6.07, 6.45) is 0. The quantitative estimate of drug-likeness (QED) is 0.789. The van der Waals surface area contributed by atoms with Crippen LogP contribution in [0.15, 0.2) is 42.5 Å². The van der Waals surface area contributed by atoms with Gasteiger partial charge >= 0.3 is 0 Å². The van der Waals surface area contributed by atoms with E-state index in [1.54, 1.807) is 32.2 Å². The van der Waals surface area contributed by atoms with E-state index in [0.717, 1.165) is 16.7 Å². The normalized spacial score (nSPS) is 11.6. The van der Waals surface area contributed by atoms with Gasteiger partial charge in [-0.3, -0.25) is 9.59 Å². The minimum Gasteiger partial charge on any atom is -0.484 e. The molecule has 0 heterocycles. The standard InChI is InChI=1S/C21H25ClN2O3/c1-14-5-7-17(8-6-14)12-24(16(3)21(26)23-4)20(25)13-27-18-9-10-19(22)15(2)11-18/h5-11,16H,12-13H2,1-4H3,(H,23,26)/t16-/m0/s1. The van der Waals surface area contributed by atoms with Crippen LogP contribution < -0.4 is 10.1 Å². The zero-order valence-electron chi connectivity index (χ0n) is 16.1. The van der Waals surface area contributed by atoms with Crippen LogP contribution in [0.5, 0.6) is 5.75 Å². The number of likely N-dealkylation sites (N-methyl/N-ethyl adjacent to an activating group) is 1. The molecule has 0 spiro atoms. The molecule has 2 aromatic carbocycles. The Bertz CT molecular complexity index is 806. The van der Waals surface area contributed by atoms with Gasteiger partial charge in [-0.25, -0.2) is 0 Å². The Kier molecular flexibility index (Phi) is 7.25. The number of aryl methyl sites for hydroxylation is 2. The number of nitrogens with zero attached hydrogens (tertiary/aromatic N) is 1. The van der Waals surface area contributed by atoms with Gasteiger partial charge in [0.05, 0.1) is 0 Å². The molecule has 2 amide bonds. The molecule has 5 nitrogen and oxygen atoms in total. The summed E-state index contributed by atoms with van der Waals surface area (Å²) in [4.78, 5) is 26.4. The van der Waals surface area contributed by atoms with Gasteiger partial charge in [0.15, 0.2) is 6.61 Å². The average molecular weight is 389 g/mol. The number of rotatable bonds is 7. The number of nitrogens with one attached hydrogen (secondary N) is 1. The van der Waals surface area contributed by atoms with E-state index in [1.165, 1.54) is 4.90 Å². The number of amides is 2. The van der Waals surface area contributed by atoms with Crippen molar-refractivity contribution in [2.24, 2.45) is 0 Å². The fourth-order valence-electron chi connectivity index (χ4n) is 2.62. The summed E-state index contributed by atoms with van der Waals surface area (Å²) < 4.78 is 5.62. The Morgan fingerprint density at radius 2 is 1.81 bits per heavy atom. The molecule has 0 saturated carbocycles. The predicted molar refractivity (Wildman–Crippen MR) is 107 cm³/mol. The van der Waals surface area contributed by atoms with E-state index in [0.29, 0.717) is 17.3 Å². The molecule has 1 atom stereocenters. The second-order valence-electron chi connectivity index (χ2n) is 6.50. The van der Waals surface area contributed by atoms with Crippen LogP contribution >= 0.6 is 11.6 Å². The number of benzene rings is 2. The molecule has 2 aromatic rings. The maximum atomic E-state index is 12.8. The molecule has 1 N–H and O–H groups in total. The topological polar surface area (TPSA) is 58.6 Å². The van der Waals surface area contributed by atoms with Crippen molar-refractivity contribution in [3.05, 3.63) is 64.2 Å². The maximum absolute atomic E-state index is 12.8. The van der Waals surface area contributed by atoms with Crippen molar-refractivity contribution in [1.29, 1.82) is 0 Å². The minimum absolute atomic E-state index is 0.158. The van der Waals surface area contributed by atoms with Gasteiger partial charge in [-0.15, -0.1) is 0 Å². The van der Waals surface area contributed by atoms with Crippen LogP contribution in [0.2, 0.25) is 5.02 Å². The molecule has 0 unspecified atom stereocenters. The van der Waals surface area contributed by atoms with Crippen molar-refractivity contribution in [3.63, 3.8) is 0 Å². The first-order valence-corrected chi connectivity index (χ1v) is 9.15. The number of ether oxygens (including phenoxy) is 1. The molecular formula is C21H25ClN2O3. The number of hydrogen-bond acceptors (Lipinski definition) is 3. The third-order valence-electron chi connectivity index (χ3n) is 4.38. The highest BCUT2D eigenvalue weighted by molar-refractivity contribution is 6.31. The Morgan fingerprint density at radius 1 is 1.15 bits per heavy atom. The first-order valence-electron chi connectivity index (χ1n) is 8.77. The summed E-state index contributed by atoms with van der Waals surface area (Å²) >= 11 is 6.01. The predicted octanol–water partition coefficient (Wildman–Crippen LogP) is 3.50. The summed E-state index contributed by atoms with van der Waals surface area (Å²) in [5.41, 5.74) is 2.96. The third kappa shape index (κ3) is 5.73. The Hall–Kier alpha value is -2.53. The van der Waals surface area contributed by atoms with E-state index in [1.807, 2.05) is 38.1 Å². The van der Waals surface area contributed by atoms with E-state index < -0.39 is 6.04 Å². The molecular weight excluding hydrogens is 364 g/mol. The van der Waals surface area contributed by atoms with E-state index in [2.05, 4.69) is 5.32 Å². The molecule has 0 aliphatic heterocycles. The highest BCUT2D eigenvalue weighted by atomic mass is 35.5. The molecule has 2 rings (SSSR count). The molecule has 6 heteroatoms. The lowest BCUT2D eigenvalue weighted by Gasteiger charge is -2.28. The summed E-state index contributed by atoms with van der Waals surface area (Å²) in [6, 6.07) is 12.5. The first kappa shape index (κ1) is 20.8. The second kappa shape index (κ2) is 9.42. The van der Waals surface area contributed by atoms with Crippen LogP contribution in [0.4, 0.5) is 0 Å². The van der Waals surface area contributed by atoms with E-state index in [4.69, 9.17) is 16.3 Å². The number of carbonyl (C=O) groups excluding carboxylic acids is 2. The van der Waals surface area contributed by atoms with Crippen molar-refractivity contribution in [3.8, 4) is 5.75 Å². The fraction of sp³-hybridized carbons (Fsp3) is 0.333. The number of carbonyl (C=O) groups is 2. The van der Waals surface area contributed by atoms with Gasteiger partial charge in [-0.2, -0.15) is 0 Å². The van der Waals surface area contributed by atoms with Gasteiger partial charge in [0, 0.05) is 18.6 Å². The van der Waals surface area contributed by atoms with Crippen LogP contribution in [0.1, 0.15) is 23.6 Å². The molecule has 0 fully saturated rings. The van der Waals surface area contributed by atoms with Crippen molar-refractivity contribution in [2.45, 2.75) is 33.4 Å². The number of hydrogen-bond donors (Lipinski definition) is 1. The van der Waals surface area contributed by atoms with Crippen LogP contribution in [-0.4, -0.2) is 36.4 Å². The Balaban J connectivity index is 2.12. The summed E-state index contributed by atoms with van der Waals surface area (Å²) in [6.45, 7) is 5.75. The minimum atomic E-state index is -0.612. The lowest BCUT2D eigenvalue weighted by Crippen LogP contribution is -2.48. The smallest absolute Gasteiger partial charge is 0.261 e. The van der Waals surface area contributed by atoms with E-state index in [-0.39, 0.29) is 18.4 Å². The second-order valence-corrected chi connectivity index (χ2v) is 6.90. The van der Waals surface area contributed by atoms with E-state index in [9.17, 15) is 9.59 Å². The zero-order chi connectivity index (χ0) is 20.0. The lowest BCUT2D eigenvalue weighted by atomic mass is 10.1. The highest BCUT2D eigenvalue weighted by Gasteiger charge is 2.25. The highest BCUT2D eigenvalue weighted by Crippen LogP contribution is 2.21. The van der Waals surface area contributed by atoms with Crippen LogP contribution in [0, 0.1) is 13.8 Å². The third-order valence-corrected chi connectivity index (χ3v) is 4.80. The van der Waals surface area contributed by atoms with Gasteiger partial charge in [0.25, 0.3) is 5.91 Å². The average Bonchev–Trinajstić information content (AvgIpc) is 2.67. The fourth-order valence-corrected chi connectivity index (χ4v) is 2.73. The molecule has 0 bridgehead atoms. The van der Waals surface area contributed by atoms with E-state index >= 15 is 0 Å². The van der Waals surface area contributed by atoms with Gasteiger partial charge in [0.2, 0.25) is 5.91 Å². The molecule has 0 saturated heterocycles. The van der Waals surface area contributed by atoms with Gasteiger partial charge in [-0.05, 0) is 50.1 Å². The van der Waals surface area contributed by atoms with Crippen LogP contribution in [0.25, 0.3) is 0 Å². The Morgan fingerprint density at radius 3 is 2.41 bits per heavy atom. The summed E-state index contributed by atoms with van der Waals surface area (Å²) in [7, 11) is 1.56. The summed E-state index contributed by atoms with van der Waals surface area (Å²) in [5.74, 6) is 0.0743. The number of halogens is 1. The molecule has 144 valence electrons. The lowest BCUT2D eigenvalue weighted by molar-refractivity contribution is -0.142. The van der Waals surface area contributed by atoms with Crippen molar-refractivity contribution < 1.29 is 14.3 Å². The SMILES string of the molecule is CNC(=O)[C@H](C)N(Cc1ccc(C)cc1)C(=O)COc1ccc(Cl)c(C)c1. The zero-order valence-corrected chi connectivity index (χ0v) is 16.8. The van der Waals surface area contributed by atoms with Gasteiger partial charge in [-0.1, -0.05) is 41.4 Å². The van der Waals surface area contributed by atoms with Crippen LogP contribution in [-0.2, 0) is 16.1 Å². The van der Waals surface area contributed by atoms with Crippen molar-refractivity contribution >= 4 is 23.4 Å². The van der Waals surface area contributed by atoms with Crippen molar-refractivity contribution in [2.75, 3.05) is 13.7 Å².